The molecule has 3 rings (SSSR count). The Labute approximate surface area is 297 Å². The van der Waals surface area contributed by atoms with E-state index in [4.69, 9.17) is 28.4 Å². The summed E-state index contributed by atoms with van der Waals surface area (Å²) in [6.07, 6.45) is -10.1. The van der Waals surface area contributed by atoms with Gasteiger partial charge in [0.1, 0.15) is 30.0 Å². The van der Waals surface area contributed by atoms with Gasteiger partial charge in [-0.05, 0) is 74.3 Å². The van der Waals surface area contributed by atoms with Crippen molar-refractivity contribution in [2.45, 2.75) is 179 Å². The third-order valence-electron chi connectivity index (χ3n) is 11.4. The van der Waals surface area contributed by atoms with Crippen LogP contribution in [-0.2, 0) is 38.0 Å². The Kier molecular flexibility index (Phi) is 14.5. The second-order valence-electron chi connectivity index (χ2n) is 16.0. The number of hydrogen-bond donors (Lipinski definition) is 5. The average molecular weight is 720 g/mol. The second kappa shape index (κ2) is 16.8. The summed E-state index contributed by atoms with van der Waals surface area (Å²) in [5.74, 6) is -3.53. The van der Waals surface area contributed by atoms with Crippen LogP contribution in [0, 0.1) is 17.8 Å². The Balaban J connectivity index is 2.16. The molecule has 0 radical (unpaired) electrons. The fraction of sp³-hybridized carbons (Fsp3) is 0.944. The van der Waals surface area contributed by atoms with Gasteiger partial charge in [0.05, 0.1) is 41.5 Å². The molecule has 14 nitrogen and oxygen atoms in total. The van der Waals surface area contributed by atoms with E-state index in [1.807, 2.05) is 11.8 Å². The predicted molar refractivity (Wildman–Crippen MR) is 182 cm³/mol. The van der Waals surface area contributed by atoms with Crippen LogP contribution in [0.4, 0.5) is 0 Å². The van der Waals surface area contributed by atoms with Gasteiger partial charge in [-0.1, -0.05) is 20.8 Å². The number of carbonyl (C=O) groups excluding carboxylic acids is 2. The lowest BCUT2D eigenvalue weighted by molar-refractivity contribution is -0.306. The topological polar surface area (TPSA) is 194 Å². The van der Waals surface area contributed by atoms with E-state index < -0.39 is 108 Å². The van der Waals surface area contributed by atoms with Crippen LogP contribution in [0.15, 0.2) is 0 Å². The number of methoxy groups -OCH3 is 1. The molecule has 0 bridgehead atoms. The normalized spacial score (nSPS) is 49.5. The molecule has 17 atom stereocenters. The Morgan fingerprint density at radius 2 is 1.54 bits per heavy atom. The van der Waals surface area contributed by atoms with Crippen LogP contribution in [0.1, 0.15) is 94.9 Å². The van der Waals surface area contributed by atoms with Gasteiger partial charge in [-0.3, -0.25) is 9.59 Å². The number of Topliss-reactive ketones (excluding diaryl/α,β-unsaturated/α-hetero) is 1. The van der Waals surface area contributed by atoms with Crippen molar-refractivity contribution in [3.05, 3.63) is 0 Å². The van der Waals surface area contributed by atoms with Crippen molar-refractivity contribution in [3.8, 4) is 0 Å². The van der Waals surface area contributed by atoms with Crippen LogP contribution in [0.2, 0.25) is 0 Å². The summed E-state index contributed by atoms with van der Waals surface area (Å²) in [6, 6.07) is -0.568. The second-order valence-corrected chi connectivity index (χ2v) is 16.0. The van der Waals surface area contributed by atoms with Crippen LogP contribution in [-0.4, -0.2) is 147 Å². The van der Waals surface area contributed by atoms with E-state index in [0.29, 0.717) is 6.54 Å². The van der Waals surface area contributed by atoms with E-state index in [2.05, 4.69) is 0 Å². The molecule has 3 aliphatic heterocycles. The number of aliphatic hydroxyl groups excluding tert-OH is 3. The number of esters is 1. The smallest absolute Gasteiger partial charge is 0.311 e. The first-order chi connectivity index (χ1) is 23.0. The van der Waals surface area contributed by atoms with Crippen molar-refractivity contribution in [3.63, 3.8) is 0 Å². The molecule has 3 saturated heterocycles. The SMILES string of the molecule is CC[C@H]1OC(=O)[C@H](C)[C@@H](O[C@H]2C[C@](C)(OC)[C@@H](O)C(C)O2)[C@H](C)[C@@H](O[C@@H]2OC(C)CC(O)C2=O)[C@](C)(O)C[C@@H](C)CN(C)[C@H](C)[C@@H](O)[C@]1(C)O. The Morgan fingerprint density at radius 1 is 0.920 bits per heavy atom. The lowest BCUT2D eigenvalue weighted by Crippen LogP contribution is -2.59. The van der Waals surface area contributed by atoms with Gasteiger partial charge in [0, 0.05) is 38.5 Å². The molecule has 0 aliphatic carbocycles. The van der Waals surface area contributed by atoms with Crippen molar-refractivity contribution < 1.29 is 63.5 Å². The van der Waals surface area contributed by atoms with Gasteiger partial charge in [-0.15, -0.1) is 0 Å². The Morgan fingerprint density at radius 3 is 2.12 bits per heavy atom. The molecular formula is C36H65NO13. The van der Waals surface area contributed by atoms with Crippen LogP contribution in [0.3, 0.4) is 0 Å². The molecular weight excluding hydrogens is 654 g/mol. The highest BCUT2D eigenvalue weighted by Gasteiger charge is 2.52. The summed E-state index contributed by atoms with van der Waals surface area (Å²) < 4.78 is 36.6. The molecule has 14 heteroatoms. The van der Waals surface area contributed by atoms with Crippen LogP contribution < -0.4 is 0 Å². The predicted octanol–water partition coefficient (Wildman–Crippen LogP) is 1.54. The molecule has 0 aromatic rings. The zero-order valence-corrected chi connectivity index (χ0v) is 32.1. The van der Waals surface area contributed by atoms with E-state index in [1.54, 1.807) is 62.4 Å². The average Bonchev–Trinajstić information content (AvgIpc) is 3.03. The zero-order valence-electron chi connectivity index (χ0n) is 32.1. The quantitative estimate of drug-likeness (QED) is 0.248. The largest absolute Gasteiger partial charge is 0.459 e. The summed E-state index contributed by atoms with van der Waals surface area (Å²) in [6.45, 7) is 17.3. The Hall–Kier alpha value is -1.30. The molecule has 5 N–H and O–H groups in total. The minimum Gasteiger partial charge on any atom is -0.459 e. The molecule has 0 aromatic heterocycles. The number of aliphatic hydroxyl groups is 5. The van der Waals surface area contributed by atoms with Crippen LogP contribution >= 0.6 is 0 Å². The van der Waals surface area contributed by atoms with Gasteiger partial charge in [0.15, 0.2) is 6.29 Å². The number of cyclic esters (lactones) is 1. The van der Waals surface area contributed by atoms with Gasteiger partial charge in [-0.2, -0.15) is 0 Å². The summed E-state index contributed by atoms with van der Waals surface area (Å²) in [5, 5.41) is 56.7. The molecule has 3 aliphatic rings. The third kappa shape index (κ3) is 9.43. The molecule has 0 aromatic carbocycles. The summed E-state index contributed by atoms with van der Waals surface area (Å²) >= 11 is 0. The summed E-state index contributed by atoms with van der Waals surface area (Å²) in [4.78, 5) is 29.1. The van der Waals surface area contributed by atoms with E-state index in [1.165, 1.54) is 14.0 Å². The maximum Gasteiger partial charge on any atom is 0.311 e. The fourth-order valence-electron chi connectivity index (χ4n) is 8.09. The first-order valence-corrected chi connectivity index (χ1v) is 18.1. The highest BCUT2D eigenvalue weighted by atomic mass is 16.7. The van der Waals surface area contributed by atoms with Crippen LogP contribution in [0.25, 0.3) is 0 Å². The standard InChI is InChI=1S/C36H65NO13/c1-13-25-36(10,44)29(40)22(6)37(11)17-18(2)15-34(8,43)31(50-33-27(39)24(38)14-19(3)46-33)20(4)28(21(5)32(42)48-25)49-26-16-35(9,45-12)30(41)23(7)47-26/h18-26,28-31,33,38,40-41,43-44H,13-17H2,1-12H3/t18-,19?,20+,21-,22-,23?,24?,25-,26+,28+,29-,30+,31-,33+,34-,35+,36-/m1/s1. The van der Waals surface area contributed by atoms with E-state index >= 15 is 0 Å². The monoisotopic (exact) mass is 719 g/mol. The number of nitrogens with zero attached hydrogens (tertiary/aromatic N) is 1. The van der Waals surface area contributed by atoms with Gasteiger partial charge in [0.2, 0.25) is 12.1 Å². The van der Waals surface area contributed by atoms with Crippen molar-refractivity contribution in [1.29, 1.82) is 0 Å². The van der Waals surface area contributed by atoms with Crippen molar-refractivity contribution in [2.24, 2.45) is 17.8 Å². The molecule has 0 saturated carbocycles. The van der Waals surface area contributed by atoms with Gasteiger partial charge >= 0.3 is 5.97 Å². The molecule has 50 heavy (non-hydrogen) atoms. The van der Waals surface area contributed by atoms with Crippen molar-refractivity contribution in [2.75, 3.05) is 20.7 Å². The number of likely N-dealkylation sites (N-methyl/N-ethyl adjacent to an activating group) is 1. The van der Waals surface area contributed by atoms with E-state index in [-0.39, 0.29) is 31.6 Å². The highest BCUT2D eigenvalue weighted by Crippen LogP contribution is 2.39. The lowest BCUT2D eigenvalue weighted by atomic mass is 9.77. The number of ketones is 1. The molecule has 3 heterocycles. The molecule has 3 fully saturated rings. The number of carbonyl (C=O) groups is 2. The third-order valence-corrected chi connectivity index (χ3v) is 11.4. The van der Waals surface area contributed by atoms with Crippen molar-refractivity contribution >= 4 is 11.8 Å². The molecule has 0 spiro atoms. The highest BCUT2D eigenvalue weighted by molar-refractivity contribution is 5.86. The first-order valence-electron chi connectivity index (χ1n) is 18.1. The minimum atomic E-state index is -1.82. The molecule has 0 amide bonds. The van der Waals surface area contributed by atoms with Crippen molar-refractivity contribution in [1.82, 2.24) is 4.90 Å². The minimum absolute atomic E-state index is 0.0928. The zero-order chi connectivity index (χ0) is 38.1. The number of hydrogen-bond acceptors (Lipinski definition) is 14. The first kappa shape index (κ1) is 43.1. The maximum absolute atomic E-state index is 14.1. The summed E-state index contributed by atoms with van der Waals surface area (Å²) in [5.41, 5.74) is -4.53. The summed E-state index contributed by atoms with van der Waals surface area (Å²) in [7, 11) is 3.28. The van der Waals surface area contributed by atoms with Gasteiger partial charge < -0.3 is 58.9 Å². The van der Waals surface area contributed by atoms with Gasteiger partial charge in [-0.25, -0.2) is 0 Å². The Bertz CT molecular complexity index is 1140. The maximum atomic E-state index is 14.1. The molecule has 292 valence electrons. The van der Waals surface area contributed by atoms with Crippen LogP contribution in [0.5, 0.6) is 0 Å². The van der Waals surface area contributed by atoms with E-state index in [9.17, 15) is 35.1 Å². The van der Waals surface area contributed by atoms with Gasteiger partial charge in [0.25, 0.3) is 0 Å². The molecule has 3 unspecified atom stereocenters. The lowest BCUT2D eigenvalue weighted by Gasteiger charge is -2.47. The number of rotatable bonds is 6. The number of ether oxygens (including phenoxy) is 6. The van der Waals surface area contributed by atoms with E-state index in [0.717, 1.165) is 0 Å². The fourth-order valence-corrected chi connectivity index (χ4v) is 8.09.